The van der Waals surface area contributed by atoms with E-state index in [4.69, 9.17) is 4.74 Å². The Bertz CT molecular complexity index is 641. The van der Waals surface area contributed by atoms with E-state index < -0.39 is 0 Å². The molecule has 0 aromatic heterocycles. The van der Waals surface area contributed by atoms with Crippen molar-refractivity contribution in [2.45, 2.75) is 91.4 Å². The minimum absolute atomic E-state index is 0.0923. The largest absolute Gasteiger partial charge is 0.504 e. The Hall–Kier alpha value is -1.51. The smallest absolute Gasteiger partial charge is 0.314 e. The summed E-state index contributed by atoms with van der Waals surface area (Å²) in [6.07, 6.45) is 5.85. The van der Waals surface area contributed by atoms with Crippen LogP contribution in [0.1, 0.15) is 91.7 Å². The molecule has 1 aliphatic rings. The first-order valence-electron chi connectivity index (χ1n) is 10.0. The Morgan fingerprint density at radius 2 is 1.62 bits per heavy atom. The van der Waals surface area contributed by atoms with Crippen molar-refractivity contribution in [2.24, 2.45) is 11.8 Å². The highest BCUT2D eigenvalue weighted by molar-refractivity contribution is 5.76. The summed E-state index contributed by atoms with van der Waals surface area (Å²) in [6.45, 7) is 14.5. The summed E-state index contributed by atoms with van der Waals surface area (Å²) in [6, 6.07) is 3.87. The Labute approximate surface area is 159 Å². The number of hydrogen-bond donors (Lipinski definition) is 1. The zero-order chi connectivity index (χ0) is 19.7. The topological polar surface area (TPSA) is 46.5 Å². The van der Waals surface area contributed by atoms with Gasteiger partial charge in [0.1, 0.15) is 0 Å². The number of hydrogen-bond acceptors (Lipinski definition) is 3. The maximum Gasteiger partial charge on any atom is 0.314 e. The second-order valence-corrected chi connectivity index (χ2v) is 9.98. The third-order valence-electron chi connectivity index (χ3n) is 5.69. The highest BCUT2D eigenvalue weighted by Crippen LogP contribution is 2.42. The Kier molecular flexibility index (Phi) is 6.09. The molecule has 26 heavy (non-hydrogen) atoms. The van der Waals surface area contributed by atoms with Gasteiger partial charge in [-0.15, -0.1) is 0 Å². The van der Waals surface area contributed by atoms with Gasteiger partial charge in [-0.2, -0.15) is 0 Å². The summed E-state index contributed by atoms with van der Waals surface area (Å²) in [5.74, 6) is 0.431. The molecule has 1 saturated carbocycles. The lowest BCUT2D eigenvalue weighted by Gasteiger charge is -2.28. The Balaban J connectivity index is 2.33. The molecule has 1 fully saturated rings. The summed E-state index contributed by atoms with van der Waals surface area (Å²) in [4.78, 5) is 12.8. The second kappa shape index (κ2) is 7.62. The molecule has 1 unspecified atom stereocenters. The number of ether oxygens (including phenoxy) is 1. The zero-order valence-corrected chi connectivity index (χ0v) is 17.6. The van der Waals surface area contributed by atoms with E-state index >= 15 is 0 Å². The number of carbonyl (C=O) groups is 1. The molecule has 0 heterocycles. The van der Waals surface area contributed by atoms with Crippen LogP contribution in [0.25, 0.3) is 0 Å². The van der Waals surface area contributed by atoms with Gasteiger partial charge in [-0.3, -0.25) is 4.79 Å². The predicted molar refractivity (Wildman–Crippen MR) is 107 cm³/mol. The third kappa shape index (κ3) is 4.81. The molecular formula is C23H36O3. The van der Waals surface area contributed by atoms with Crippen LogP contribution in [0.3, 0.4) is 0 Å². The van der Waals surface area contributed by atoms with Crippen molar-refractivity contribution < 1.29 is 14.6 Å². The van der Waals surface area contributed by atoms with Crippen LogP contribution in [-0.4, -0.2) is 11.1 Å². The van der Waals surface area contributed by atoms with E-state index in [1.54, 1.807) is 0 Å². The molecule has 0 bridgehead atoms. The van der Waals surface area contributed by atoms with Gasteiger partial charge in [0.15, 0.2) is 11.5 Å². The molecule has 0 radical (unpaired) electrons. The summed E-state index contributed by atoms with van der Waals surface area (Å²) in [5.41, 5.74) is 1.55. The highest BCUT2D eigenvalue weighted by Gasteiger charge is 2.30. The van der Waals surface area contributed by atoms with Gasteiger partial charge in [-0.05, 0) is 41.2 Å². The molecule has 3 heteroatoms. The number of benzene rings is 1. The number of rotatable bonds is 3. The fourth-order valence-electron chi connectivity index (χ4n) is 3.72. The fraction of sp³-hybridized carbons (Fsp3) is 0.696. The summed E-state index contributed by atoms with van der Waals surface area (Å²) < 4.78 is 5.74. The number of carbonyl (C=O) groups excluding carboxylic acids is 1. The van der Waals surface area contributed by atoms with Crippen molar-refractivity contribution in [1.29, 1.82) is 0 Å². The molecule has 0 amide bonds. The number of phenolic OH excluding ortho intramolecular Hbond substituents is 1. The summed E-state index contributed by atoms with van der Waals surface area (Å²) in [5, 5.41) is 10.8. The molecule has 1 aliphatic carbocycles. The lowest BCUT2D eigenvalue weighted by Crippen LogP contribution is -2.27. The maximum absolute atomic E-state index is 12.8. The van der Waals surface area contributed by atoms with Crippen LogP contribution in [0.4, 0.5) is 0 Å². The molecule has 0 aliphatic heterocycles. The van der Waals surface area contributed by atoms with Crippen LogP contribution in [0.5, 0.6) is 11.5 Å². The van der Waals surface area contributed by atoms with Gasteiger partial charge in [0.25, 0.3) is 0 Å². The van der Waals surface area contributed by atoms with Crippen molar-refractivity contribution in [3.8, 4) is 11.5 Å². The van der Waals surface area contributed by atoms with E-state index in [-0.39, 0.29) is 28.5 Å². The summed E-state index contributed by atoms with van der Waals surface area (Å²) >= 11 is 0. The number of aromatic hydroxyl groups is 1. The number of esters is 1. The molecule has 0 saturated heterocycles. The molecule has 1 N–H and O–H groups in total. The van der Waals surface area contributed by atoms with E-state index in [0.29, 0.717) is 11.7 Å². The van der Waals surface area contributed by atoms with Crippen LogP contribution in [0, 0.1) is 11.8 Å². The Morgan fingerprint density at radius 1 is 1.04 bits per heavy atom. The van der Waals surface area contributed by atoms with Crippen molar-refractivity contribution in [3.63, 3.8) is 0 Å². The summed E-state index contributed by atoms with van der Waals surface area (Å²) in [7, 11) is 0. The van der Waals surface area contributed by atoms with Gasteiger partial charge in [-0.1, -0.05) is 73.8 Å². The van der Waals surface area contributed by atoms with Crippen molar-refractivity contribution >= 4 is 5.97 Å². The second-order valence-electron chi connectivity index (χ2n) is 9.98. The third-order valence-corrected chi connectivity index (χ3v) is 5.69. The highest BCUT2D eigenvalue weighted by atomic mass is 16.5. The Morgan fingerprint density at radius 3 is 2.12 bits per heavy atom. The lowest BCUT2D eigenvalue weighted by atomic mass is 9.80. The van der Waals surface area contributed by atoms with E-state index in [9.17, 15) is 9.90 Å². The average Bonchev–Trinajstić information content (AvgIpc) is 2.54. The molecule has 146 valence electrons. The molecule has 2 rings (SSSR count). The maximum atomic E-state index is 12.8. The van der Waals surface area contributed by atoms with E-state index in [1.807, 2.05) is 19.1 Å². The molecule has 1 aromatic carbocycles. The van der Waals surface area contributed by atoms with Gasteiger partial charge in [-0.25, -0.2) is 0 Å². The fourth-order valence-corrected chi connectivity index (χ4v) is 3.72. The van der Waals surface area contributed by atoms with Gasteiger partial charge < -0.3 is 9.84 Å². The minimum atomic E-state index is -0.235. The van der Waals surface area contributed by atoms with Gasteiger partial charge >= 0.3 is 5.97 Å². The first kappa shape index (κ1) is 20.8. The predicted octanol–water partition coefficient (Wildman–Crippen LogP) is 6.11. The normalized spacial score (nSPS) is 17.8. The van der Waals surface area contributed by atoms with Crippen molar-refractivity contribution in [1.82, 2.24) is 0 Å². The zero-order valence-electron chi connectivity index (χ0n) is 17.6. The van der Waals surface area contributed by atoms with Crippen molar-refractivity contribution in [3.05, 3.63) is 23.3 Å². The number of phenols is 1. The van der Waals surface area contributed by atoms with Gasteiger partial charge in [0, 0.05) is 5.56 Å². The lowest BCUT2D eigenvalue weighted by molar-refractivity contribution is -0.140. The minimum Gasteiger partial charge on any atom is -0.504 e. The van der Waals surface area contributed by atoms with E-state index in [2.05, 4.69) is 41.5 Å². The van der Waals surface area contributed by atoms with Crippen LogP contribution < -0.4 is 4.74 Å². The molecular weight excluding hydrogens is 324 g/mol. The standard InChI is InChI=1S/C23H36O3/c1-15(16-11-9-8-10-12-16)21(25)26-19-14-17(22(2,3)4)13-18(20(19)24)23(5,6)7/h13-16,24H,8-12H2,1-7H3. The van der Waals surface area contributed by atoms with Gasteiger partial charge in [0.2, 0.25) is 0 Å². The van der Waals surface area contributed by atoms with Gasteiger partial charge in [0.05, 0.1) is 5.92 Å². The van der Waals surface area contributed by atoms with Crippen LogP contribution in [0.2, 0.25) is 0 Å². The molecule has 3 nitrogen and oxygen atoms in total. The molecule has 0 spiro atoms. The van der Waals surface area contributed by atoms with Crippen LogP contribution >= 0.6 is 0 Å². The molecule has 1 aromatic rings. The SMILES string of the molecule is CC(C(=O)Oc1cc(C(C)(C)C)cc(C(C)(C)C)c1O)C1CCCCC1. The average molecular weight is 361 g/mol. The van der Waals surface area contributed by atoms with Crippen molar-refractivity contribution in [2.75, 3.05) is 0 Å². The molecule has 1 atom stereocenters. The first-order chi connectivity index (χ1) is 11.9. The van der Waals surface area contributed by atoms with E-state index in [1.165, 1.54) is 19.3 Å². The van der Waals surface area contributed by atoms with Crippen LogP contribution in [-0.2, 0) is 15.6 Å². The first-order valence-corrected chi connectivity index (χ1v) is 10.0. The van der Waals surface area contributed by atoms with E-state index in [0.717, 1.165) is 24.0 Å². The van der Waals surface area contributed by atoms with Crippen LogP contribution in [0.15, 0.2) is 12.1 Å². The quantitative estimate of drug-likeness (QED) is 0.522. The monoisotopic (exact) mass is 360 g/mol.